The lowest BCUT2D eigenvalue weighted by molar-refractivity contribution is -0.118. The Hall–Kier alpha value is -4.14. The van der Waals surface area contributed by atoms with Crippen LogP contribution in [0.15, 0.2) is 114 Å². The van der Waals surface area contributed by atoms with Crippen LogP contribution in [0.5, 0.6) is 11.5 Å². The largest absolute Gasteiger partial charge is 0.489 e. The van der Waals surface area contributed by atoms with Crippen molar-refractivity contribution in [3.63, 3.8) is 0 Å². The van der Waals surface area contributed by atoms with E-state index in [0.29, 0.717) is 23.8 Å². The quantitative estimate of drug-likeness (QED) is 0.300. The zero-order chi connectivity index (χ0) is 26.1. The summed E-state index contributed by atoms with van der Waals surface area (Å²) in [5.74, 6) is 0.754. The van der Waals surface area contributed by atoms with Gasteiger partial charge in [-0.05, 0) is 59.7 Å². The van der Waals surface area contributed by atoms with Gasteiger partial charge in [-0.1, -0.05) is 60.7 Å². The van der Waals surface area contributed by atoms with E-state index in [4.69, 9.17) is 9.47 Å². The Kier molecular flexibility index (Phi) is 8.56. The van der Waals surface area contributed by atoms with Gasteiger partial charge in [-0.2, -0.15) is 4.31 Å². The molecule has 7 nitrogen and oxygen atoms in total. The number of anilines is 1. The van der Waals surface area contributed by atoms with Crippen LogP contribution in [0.3, 0.4) is 0 Å². The summed E-state index contributed by atoms with van der Waals surface area (Å²) in [6.45, 7) is 0.512. The maximum atomic E-state index is 12.9. The van der Waals surface area contributed by atoms with E-state index in [-0.39, 0.29) is 24.0 Å². The van der Waals surface area contributed by atoms with Crippen LogP contribution < -0.4 is 14.8 Å². The van der Waals surface area contributed by atoms with Gasteiger partial charge in [0.25, 0.3) is 5.91 Å². The molecular weight excluding hydrogens is 488 g/mol. The normalized spacial score (nSPS) is 11.2. The van der Waals surface area contributed by atoms with E-state index in [1.165, 1.54) is 28.6 Å². The first-order chi connectivity index (χ1) is 17.9. The molecule has 0 saturated carbocycles. The highest BCUT2D eigenvalue weighted by Crippen LogP contribution is 2.21. The van der Waals surface area contributed by atoms with E-state index < -0.39 is 10.0 Å². The third-order valence-corrected chi connectivity index (χ3v) is 7.35. The van der Waals surface area contributed by atoms with E-state index in [1.54, 1.807) is 31.3 Å². The molecule has 0 spiro atoms. The zero-order valence-corrected chi connectivity index (χ0v) is 21.2. The van der Waals surface area contributed by atoms with Gasteiger partial charge in [-0.15, -0.1) is 0 Å². The van der Waals surface area contributed by atoms with Crippen molar-refractivity contribution in [2.45, 2.75) is 18.0 Å². The van der Waals surface area contributed by atoms with Gasteiger partial charge in [0, 0.05) is 19.3 Å². The van der Waals surface area contributed by atoms with Crippen LogP contribution >= 0.6 is 0 Å². The lowest BCUT2D eigenvalue weighted by atomic mass is 10.2. The van der Waals surface area contributed by atoms with Crippen molar-refractivity contribution in [1.82, 2.24) is 4.31 Å². The lowest BCUT2D eigenvalue weighted by Crippen LogP contribution is -2.26. The Morgan fingerprint density at radius 1 is 0.730 bits per heavy atom. The highest BCUT2D eigenvalue weighted by molar-refractivity contribution is 7.89. The van der Waals surface area contributed by atoms with Crippen molar-refractivity contribution in [2.75, 3.05) is 19.0 Å². The fraction of sp³-hybridized carbons (Fsp3) is 0.138. The van der Waals surface area contributed by atoms with Gasteiger partial charge >= 0.3 is 0 Å². The average molecular weight is 517 g/mol. The summed E-state index contributed by atoms with van der Waals surface area (Å²) in [6, 6.07) is 32.3. The number of benzene rings is 4. The minimum absolute atomic E-state index is 0.150. The van der Waals surface area contributed by atoms with Gasteiger partial charge in [0.15, 0.2) is 6.61 Å². The average Bonchev–Trinajstić information content (AvgIpc) is 2.93. The highest BCUT2D eigenvalue weighted by Gasteiger charge is 2.21. The van der Waals surface area contributed by atoms with E-state index in [2.05, 4.69) is 5.32 Å². The molecule has 0 heterocycles. The predicted octanol–water partition coefficient (Wildman–Crippen LogP) is 5.10. The third kappa shape index (κ3) is 7.42. The molecule has 0 aromatic heterocycles. The Bertz CT molecular complexity index is 1390. The zero-order valence-electron chi connectivity index (χ0n) is 20.4. The monoisotopic (exact) mass is 516 g/mol. The number of nitrogens with zero attached hydrogens (tertiary/aromatic N) is 1. The van der Waals surface area contributed by atoms with Crippen LogP contribution in [-0.2, 0) is 28.0 Å². The molecule has 0 atom stereocenters. The maximum absolute atomic E-state index is 12.9. The van der Waals surface area contributed by atoms with Gasteiger partial charge < -0.3 is 14.8 Å². The summed E-state index contributed by atoms with van der Waals surface area (Å²) in [7, 11) is -2.12. The SMILES string of the molecule is CN(Cc1ccccc1)S(=O)(=O)c1ccc(OCC(=O)Nc2ccc(OCc3ccccc3)cc2)cc1. The van der Waals surface area contributed by atoms with E-state index in [9.17, 15) is 13.2 Å². The van der Waals surface area contributed by atoms with E-state index >= 15 is 0 Å². The number of hydrogen-bond acceptors (Lipinski definition) is 5. The van der Waals surface area contributed by atoms with Gasteiger partial charge in [0.05, 0.1) is 4.90 Å². The molecule has 8 heteroatoms. The fourth-order valence-electron chi connectivity index (χ4n) is 3.53. The number of hydrogen-bond donors (Lipinski definition) is 1. The van der Waals surface area contributed by atoms with E-state index in [1.807, 2.05) is 60.7 Å². The van der Waals surface area contributed by atoms with Crippen LogP contribution in [0.4, 0.5) is 5.69 Å². The van der Waals surface area contributed by atoms with Crippen LogP contribution in [0.25, 0.3) is 0 Å². The number of amides is 1. The van der Waals surface area contributed by atoms with Crippen molar-refractivity contribution < 1.29 is 22.7 Å². The molecule has 0 bridgehead atoms. The van der Waals surface area contributed by atoms with Crippen molar-refractivity contribution in [3.05, 3.63) is 120 Å². The molecule has 0 radical (unpaired) electrons. The molecule has 0 aliphatic carbocycles. The Morgan fingerprint density at radius 3 is 1.89 bits per heavy atom. The summed E-state index contributed by atoms with van der Waals surface area (Å²) in [4.78, 5) is 12.5. The Labute approximate surface area is 217 Å². The van der Waals surface area contributed by atoms with Gasteiger partial charge in [-0.25, -0.2) is 8.42 Å². The Morgan fingerprint density at radius 2 is 1.27 bits per heavy atom. The summed E-state index contributed by atoms with van der Waals surface area (Å²) in [5, 5.41) is 2.76. The Balaban J connectivity index is 1.25. The number of carbonyl (C=O) groups is 1. The molecule has 37 heavy (non-hydrogen) atoms. The summed E-state index contributed by atoms with van der Waals surface area (Å²) >= 11 is 0. The number of nitrogens with one attached hydrogen (secondary N) is 1. The van der Waals surface area contributed by atoms with Gasteiger partial charge in [0.1, 0.15) is 18.1 Å². The van der Waals surface area contributed by atoms with Crippen molar-refractivity contribution >= 4 is 21.6 Å². The minimum Gasteiger partial charge on any atom is -0.489 e. The van der Waals surface area contributed by atoms with Crippen molar-refractivity contribution in [3.8, 4) is 11.5 Å². The first kappa shape index (κ1) is 25.9. The molecule has 0 unspecified atom stereocenters. The second kappa shape index (κ2) is 12.2. The van der Waals surface area contributed by atoms with Crippen LogP contribution in [0, 0.1) is 0 Å². The molecule has 0 aliphatic rings. The molecule has 4 aromatic carbocycles. The molecule has 1 N–H and O–H groups in total. The summed E-state index contributed by atoms with van der Waals surface area (Å²) < 4.78 is 38.3. The molecule has 0 aliphatic heterocycles. The van der Waals surface area contributed by atoms with Gasteiger partial charge in [0.2, 0.25) is 10.0 Å². The molecular formula is C29H28N2O5S. The smallest absolute Gasteiger partial charge is 0.262 e. The van der Waals surface area contributed by atoms with Crippen LogP contribution in [-0.4, -0.2) is 32.3 Å². The summed E-state index contributed by atoms with van der Waals surface area (Å²) in [6.07, 6.45) is 0. The second-order valence-electron chi connectivity index (χ2n) is 8.35. The van der Waals surface area contributed by atoms with Gasteiger partial charge in [-0.3, -0.25) is 4.79 Å². The highest BCUT2D eigenvalue weighted by atomic mass is 32.2. The standard InChI is InChI=1S/C29H28N2O5S/c1-31(20-23-8-4-2-5-9-23)37(33,34)28-18-16-27(17-19-28)36-22-29(32)30-25-12-14-26(15-13-25)35-21-24-10-6-3-7-11-24/h2-19H,20-22H2,1H3,(H,30,32). The fourth-order valence-corrected chi connectivity index (χ4v) is 4.69. The van der Waals surface area contributed by atoms with Crippen molar-refractivity contribution in [1.29, 1.82) is 0 Å². The number of rotatable bonds is 11. The summed E-state index contributed by atoms with van der Waals surface area (Å²) in [5.41, 5.74) is 2.58. The van der Waals surface area contributed by atoms with E-state index in [0.717, 1.165) is 11.1 Å². The predicted molar refractivity (Wildman–Crippen MR) is 143 cm³/mol. The first-order valence-corrected chi connectivity index (χ1v) is 13.1. The van der Waals surface area contributed by atoms with Crippen LogP contribution in [0.1, 0.15) is 11.1 Å². The lowest BCUT2D eigenvalue weighted by Gasteiger charge is -2.17. The molecule has 4 rings (SSSR count). The second-order valence-corrected chi connectivity index (χ2v) is 10.4. The van der Waals surface area contributed by atoms with Crippen LogP contribution in [0.2, 0.25) is 0 Å². The maximum Gasteiger partial charge on any atom is 0.262 e. The first-order valence-electron chi connectivity index (χ1n) is 11.7. The molecule has 1 amide bonds. The number of carbonyl (C=O) groups excluding carboxylic acids is 1. The number of sulfonamides is 1. The topological polar surface area (TPSA) is 84.9 Å². The number of ether oxygens (including phenoxy) is 2. The molecule has 190 valence electrons. The minimum atomic E-state index is -3.66. The third-order valence-electron chi connectivity index (χ3n) is 5.54. The molecule has 4 aromatic rings. The molecule has 0 fully saturated rings. The van der Waals surface area contributed by atoms with Crippen molar-refractivity contribution in [2.24, 2.45) is 0 Å². The molecule has 0 saturated heterocycles.